The molecule has 1 saturated carbocycles. The van der Waals surface area contributed by atoms with Gasteiger partial charge in [-0.15, -0.1) is 0 Å². The highest BCUT2D eigenvalue weighted by atomic mass is 16.4. The second-order valence-electron chi connectivity index (χ2n) is 5.56. The quantitative estimate of drug-likeness (QED) is 0.784. The number of piperidine rings is 1. The molecule has 92 valence electrons. The number of nitrogens with zero attached hydrogens (tertiary/aromatic N) is 1. The van der Waals surface area contributed by atoms with Crippen LogP contribution >= 0.6 is 0 Å². The van der Waals surface area contributed by atoms with Crippen LogP contribution in [0.3, 0.4) is 0 Å². The number of carboxylic acid groups (broad SMARTS) is 1. The first-order valence-corrected chi connectivity index (χ1v) is 6.63. The van der Waals surface area contributed by atoms with Crippen molar-refractivity contribution in [1.82, 2.24) is 4.90 Å². The summed E-state index contributed by atoms with van der Waals surface area (Å²) in [5, 5.41) is 8.96. The van der Waals surface area contributed by atoms with Crippen molar-refractivity contribution in [2.24, 2.45) is 11.8 Å². The first kappa shape index (κ1) is 11.9. The maximum absolute atomic E-state index is 10.9. The molecule has 3 heteroatoms. The van der Waals surface area contributed by atoms with Crippen LogP contribution in [0.25, 0.3) is 0 Å². The molecule has 0 radical (unpaired) electrons. The van der Waals surface area contributed by atoms with Crippen molar-refractivity contribution in [3.05, 3.63) is 0 Å². The van der Waals surface area contributed by atoms with Crippen LogP contribution in [0.4, 0.5) is 0 Å². The Kier molecular flexibility index (Phi) is 3.85. The third-order valence-electron chi connectivity index (χ3n) is 4.38. The Labute approximate surface area is 97.8 Å². The average molecular weight is 225 g/mol. The van der Waals surface area contributed by atoms with Crippen molar-refractivity contribution in [2.45, 2.75) is 51.5 Å². The molecule has 0 unspecified atom stereocenters. The van der Waals surface area contributed by atoms with Crippen molar-refractivity contribution in [1.29, 1.82) is 0 Å². The van der Waals surface area contributed by atoms with E-state index in [0.29, 0.717) is 6.04 Å². The van der Waals surface area contributed by atoms with Gasteiger partial charge in [-0.05, 0) is 57.5 Å². The predicted octanol–water partition coefficient (Wildman–Crippen LogP) is 2.36. The fourth-order valence-corrected chi connectivity index (χ4v) is 3.08. The summed E-state index contributed by atoms with van der Waals surface area (Å²) in [6, 6.07) is 0.670. The Morgan fingerprint density at radius 2 is 1.62 bits per heavy atom. The highest BCUT2D eigenvalue weighted by molar-refractivity contribution is 5.70. The Hall–Kier alpha value is -0.570. The van der Waals surface area contributed by atoms with Gasteiger partial charge in [0, 0.05) is 6.04 Å². The van der Waals surface area contributed by atoms with Crippen LogP contribution in [0.5, 0.6) is 0 Å². The summed E-state index contributed by atoms with van der Waals surface area (Å²) in [5.74, 6) is 0.220. The Morgan fingerprint density at radius 3 is 2.12 bits per heavy atom. The molecule has 16 heavy (non-hydrogen) atoms. The summed E-state index contributed by atoms with van der Waals surface area (Å²) >= 11 is 0. The van der Waals surface area contributed by atoms with Crippen molar-refractivity contribution in [3.63, 3.8) is 0 Å². The lowest BCUT2D eigenvalue weighted by molar-refractivity contribution is -0.143. The lowest BCUT2D eigenvalue weighted by atomic mass is 9.84. The monoisotopic (exact) mass is 225 g/mol. The average Bonchev–Trinajstić information content (AvgIpc) is 2.30. The molecular formula is C13H23NO2. The SMILES string of the molecule is CC1CCN(C2CCC(C(=O)O)CC2)CC1. The number of hydrogen-bond donors (Lipinski definition) is 1. The van der Waals surface area contributed by atoms with Crippen LogP contribution in [0, 0.1) is 11.8 Å². The highest BCUT2D eigenvalue weighted by Gasteiger charge is 2.30. The molecule has 1 saturated heterocycles. The van der Waals surface area contributed by atoms with Gasteiger partial charge in [0.1, 0.15) is 0 Å². The van der Waals surface area contributed by atoms with Crippen LogP contribution in [0.2, 0.25) is 0 Å². The van der Waals surface area contributed by atoms with Gasteiger partial charge in [0.2, 0.25) is 0 Å². The molecule has 0 atom stereocenters. The number of aliphatic carboxylic acids is 1. The standard InChI is InChI=1S/C13H23NO2/c1-10-6-8-14(9-7-10)12-4-2-11(3-5-12)13(15)16/h10-12H,2-9H2,1H3,(H,15,16). The minimum atomic E-state index is -0.592. The maximum Gasteiger partial charge on any atom is 0.306 e. The molecule has 2 aliphatic rings. The first-order valence-electron chi connectivity index (χ1n) is 6.63. The largest absolute Gasteiger partial charge is 0.481 e. The summed E-state index contributed by atoms with van der Waals surface area (Å²) in [7, 11) is 0. The Bertz CT molecular complexity index is 238. The van der Waals surface area contributed by atoms with Crippen molar-refractivity contribution < 1.29 is 9.90 Å². The number of rotatable bonds is 2. The number of carbonyl (C=O) groups is 1. The van der Waals surface area contributed by atoms with Crippen molar-refractivity contribution in [2.75, 3.05) is 13.1 Å². The molecule has 1 N–H and O–H groups in total. The third kappa shape index (κ3) is 2.76. The van der Waals surface area contributed by atoms with Crippen LogP contribution in [0.15, 0.2) is 0 Å². The highest BCUT2D eigenvalue weighted by Crippen LogP contribution is 2.30. The summed E-state index contributed by atoms with van der Waals surface area (Å²) in [6.45, 7) is 4.78. The third-order valence-corrected chi connectivity index (χ3v) is 4.38. The fraction of sp³-hybridized carbons (Fsp3) is 0.923. The molecule has 0 spiro atoms. The van der Waals surface area contributed by atoms with Gasteiger partial charge in [0.05, 0.1) is 5.92 Å². The molecule has 1 heterocycles. The minimum absolute atomic E-state index is 0.0695. The second kappa shape index (κ2) is 5.17. The van der Waals surface area contributed by atoms with E-state index in [0.717, 1.165) is 31.6 Å². The smallest absolute Gasteiger partial charge is 0.306 e. The van der Waals surface area contributed by atoms with Gasteiger partial charge in [-0.3, -0.25) is 4.79 Å². The van der Waals surface area contributed by atoms with Crippen LogP contribution in [-0.4, -0.2) is 35.1 Å². The van der Waals surface area contributed by atoms with Gasteiger partial charge in [-0.25, -0.2) is 0 Å². The molecule has 0 aromatic rings. The van der Waals surface area contributed by atoms with E-state index >= 15 is 0 Å². The van der Waals surface area contributed by atoms with E-state index in [9.17, 15) is 4.79 Å². The molecular weight excluding hydrogens is 202 g/mol. The first-order chi connectivity index (χ1) is 7.66. The second-order valence-corrected chi connectivity index (χ2v) is 5.56. The van der Waals surface area contributed by atoms with Crippen LogP contribution < -0.4 is 0 Å². The number of carboxylic acids is 1. The fourth-order valence-electron chi connectivity index (χ4n) is 3.08. The van der Waals surface area contributed by atoms with E-state index in [2.05, 4.69) is 11.8 Å². The van der Waals surface area contributed by atoms with Gasteiger partial charge < -0.3 is 10.0 Å². The molecule has 0 aromatic heterocycles. The molecule has 2 fully saturated rings. The zero-order valence-electron chi connectivity index (χ0n) is 10.2. The molecule has 0 bridgehead atoms. The lowest BCUT2D eigenvalue weighted by Crippen LogP contribution is -2.43. The normalized spacial score (nSPS) is 33.8. The van der Waals surface area contributed by atoms with E-state index in [1.165, 1.54) is 25.9 Å². The zero-order valence-corrected chi connectivity index (χ0v) is 10.2. The van der Waals surface area contributed by atoms with Gasteiger partial charge in [-0.2, -0.15) is 0 Å². The maximum atomic E-state index is 10.9. The van der Waals surface area contributed by atoms with Crippen molar-refractivity contribution in [3.8, 4) is 0 Å². The van der Waals surface area contributed by atoms with Crippen LogP contribution in [-0.2, 0) is 4.79 Å². The topological polar surface area (TPSA) is 40.5 Å². The predicted molar refractivity (Wildman–Crippen MR) is 63.4 cm³/mol. The lowest BCUT2D eigenvalue weighted by Gasteiger charge is -2.39. The van der Waals surface area contributed by atoms with Crippen molar-refractivity contribution >= 4 is 5.97 Å². The number of hydrogen-bond acceptors (Lipinski definition) is 2. The molecule has 3 nitrogen and oxygen atoms in total. The van der Waals surface area contributed by atoms with E-state index < -0.39 is 5.97 Å². The van der Waals surface area contributed by atoms with E-state index in [-0.39, 0.29) is 5.92 Å². The number of likely N-dealkylation sites (tertiary alicyclic amines) is 1. The molecule has 1 aliphatic heterocycles. The van der Waals surface area contributed by atoms with E-state index in [1.54, 1.807) is 0 Å². The van der Waals surface area contributed by atoms with E-state index in [1.807, 2.05) is 0 Å². The van der Waals surface area contributed by atoms with Gasteiger partial charge in [-0.1, -0.05) is 6.92 Å². The molecule has 0 aromatic carbocycles. The van der Waals surface area contributed by atoms with Gasteiger partial charge >= 0.3 is 5.97 Å². The van der Waals surface area contributed by atoms with Gasteiger partial charge in [0.15, 0.2) is 0 Å². The summed E-state index contributed by atoms with van der Waals surface area (Å²) in [5.41, 5.74) is 0. The van der Waals surface area contributed by atoms with E-state index in [4.69, 9.17) is 5.11 Å². The zero-order chi connectivity index (χ0) is 11.5. The minimum Gasteiger partial charge on any atom is -0.481 e. The summed E-state index contributed by atoms with van der Waals surface area (Å²) in [4.78, 5) is 13.5. The molecule has 0 amide bonds. The Morgan fingerprint density at radius 1 is 1.06 bits per heavy atom. The summed E-state index contributed by atoms with van der Waals surface area (Å²) in [6.07, 6.45) is 6.58. The Balaban J connectivity index is 1.78. The van der Waals surface area contributed by atoms with Crippen LogP contribution in [0.1, 0.15) is 45.4 Å². The molecule has 1 aliphatic carbocycles. The summed E-state index contributed by atoms with van der Waals surface area (Å²) < 4.78 is 0. The molecule has 2 rings (SSSR count). The van der Waals surface area contributed by atoms with Gasteiger partial charge in [0.25, 0.3) is 0 Å².